The van der Waals surface area contributed by atoms with Gasteiger partial charge in [-0.05, 0) is 39.5 Å². The fourth-order valence-electron chi connectivity index (χ4n) is 2.19. The highest BCUT2D eigenvalue weighted by Crippen LogP contribution is 2.27. The van der Waals surface area contributed by atoms with Gasteiger partial charge in [0.25, 0.3) is 0 Å². The normalized spacial score (nSPS) is 16.9. The molecule has 1 saturated heterocycles. The third-order valence-corrected chi connectivity index (χ3v) is 3.82. The first-order valence-corrected chi connectivity index (χ1v) is 6.96. The molecule has 1 aliphatic rings. The molecular weight excluding hydrogens is 310 g/mol. The zero-order valence-corrected chi connectivity index (χ0v) is 12.6. The predicted octanol–water partition coefficient (Wildman–Crippen LogP) is 2.74. The van der Waals surface area contributed by atoms with Crippen LogP contribution in [-0.4, -0.2) is 23.8 Å². The number of ether oxygens (including phenoxy) is 1. The maximum absolute atomic E-state index is 11.9. The molecule has 4 nitrogen and oxygen atoms in total. The van der Waals surface area contributed by atoms with E-state index in [4.69, 9.17) is 4.74 Å². The molecule has 0 aromatic heterocycles. The van der Waals surface area contributed by atoms with Crippen LogP contribution in [0.25, 0.3) is 0 Å². The molecule has 1 aliphatic heterocycles. The van der Waals surface area contributed by atoms with Gasteiger partial charge in [-0.1, -0.05) is 13.0 Å². The van der Waals surface area contributed by atoms with Crippen molar-refractivity contribution in [2.75, 3.05) is 7.11 Å². The van der Waals surface area contributed by atoms with Crippen LogP contribution >= 0.6 is 15.9 Å². The van der Waals surface area contributed by atoms with Crippen molar-refractivity contribution in [3.05, 3.63) is 28.2 Å². The van der Waals surface area contributed by atoms with Crippen molar-refractivity contribution < 1.29 is 14.3 Å². The molecule has 1 heterocycles. The molecule has 2 amide bonds. The maximum atomic E-state index is 11.9. The van der Waals surface area contributed by atoms with Crippen LogP contribution in [0.2, 0.25) is 0 Å². The molecule has 1 aromatic rings. The molecule has 5 heteroatoms. The molecule has 1 aromatic carbocycles. The minimum absolute atomic E-state index is 0.0873. The van der Waals surface area contributed by atoms with Gasteiger partial charge in [-0.3, -0.25) is 14.5 Å². The van der Waals surface area contributed by atoms with Crippen molar-refractivity contribution in [1.82, 2.24) is 4.90 Å². The van der Waals surface area contributed by atoms with E-state index in [0.717, 1.165) is 15.8 Å². The molecule has 0 unspecified atom stereocenters. The third kappa shape index (κ3) is 3.15. The number of halogens is 1. The lowest BCUT2D eigenvalue weighted by Gasteiger charge is -2.28. The van der Waals surface area contributed by atoms with Crippen LogP contribution in [0, 0.1) is 5.92 Å². The van der Waals surface area contributed by atoms with E-state index in [0.29, 0.717) is 19.4 Å². The summed E-state index contributed by atoms with van der Waals surface area (Å²) in [5, 5.41) is 0. The van der Waals surface area contributed by atoms with Gasteiger partial charge < -0.3 is 4.74 Å². The van der Waals surface area contributed by atoms with Crippen LogP contribution in [0.1, 0.15) is 25.3 Å². The van der Waals surface area contributed by atoms with Gasteiger partial charge in [0.15, 0.2) is 0 Å². The number of methoxy groups -OCH3 is 1. The van der Waals surface area contributed by atoms with E-state index < -0.39 is 0 Å². The summed E-state index contributed by atoms with van der Waals surface area (Å²) in [6.07, 6.45) is 0.895. The molecule has 0 bridgehead atoms. The second-order valence-electron chi connectivity index (χ2n) is 4.86. The summed E-state index contributed by atoms with van der Waals surface area (Å²) < 4.78 is 5.97. The fourth-order valence-corrected chi connectivity index (χ4v) is 2.78. The summed E-state index contributed by atoms with van der Waals surface area (Å²) in [6.45, 7) is 2.25. The summed E-state index contributed by atoms with van der Waals surface area (Å²) in [7, 11) is 1.60. The van der Waals surface area contributed by atoms with Crippen LogP contribution in [-0.2, 0) is 16.1 Å². The Morgan fingerprint density at radius 2 is 1.95 bits per heavy atom. The summed E-state index contributed by atoms with van der Waals surface area (Å²) in [5.74, 6) is 0.707. The monoisotopic (exact) mass is 325 g/mol. The maximum Gasteiger partial charge on any atom is 0.229 e. The average Bonchev–Trinajstić information content (AvgIpc) is 2.34. The van der Waals surface area contributed by atoms with Gasteiger partial charge in [0, 0.05) is 12.8 Å². The van der Waals surface area contributed by atoms with Gasteiger partial charge in [0.05, 0.1) is 18.1 Å². The number of likely N-dealkylation sites (tertiary alicyclic amines) is 1. The molecular formula is C14H16BrNO3. The molecule has 0 N–H and O–H groups in total. The summed E-state index contributed by atoms with van der Waals surface area (Å²) in [6, 6.07) is 5.56. The second kappa shape index (κ2) is 5.74. The summed E-state index contributed by atoms with van der Waals surface area (Å²) in [5.41, 5.74) is 0.906. The van der Waals surface area contributed by atoms with E-state index in [2.05, 4.69) is 15.9 Å². The van der Waals surface area contributed by atoms with Gasteiger partial charge in [0.1, 0.15) is 5.75 Å². The number of hydrogen-bond donors (Lipinski definition) is 0. The highest BCUT2D eigenvalue weighted by Gasteiger charge is 2.30. The number of carbonyl (C=O) groups excluding carboxylic acids is 2. The smallest absolute Gasteiger partial charge is 0.229 e. The van der Waals surface area contributed by atoms with Crippen LogP contribution in [0.4, 0.5) is 0 Å². The Balaban J connectivity index is 2.14. The Morgan fingerprint density at radius 1 is 1.32 bits per heavy atom. The lowest BCUT2D eigenvalue weighted by atomic mass is 9.97. The zero-order valence-electron chi connectivity index (χ0n) is 11.0. The number of imide groups is 1. The van der Waals surface area contributed by atoms with E-state index in [1.807, 2.05) is 25.1 Å². The number of carbonyl (C=O) groups is 2. The Hall–Kier alpha value is -1.36. The lowest BCUT2D eigenvalue weighted by Crippen LogP contribution is -2.42. The van der Waals surface area contributed by atoms with E-state index in [1.54, 1.807) is 7.11 Å². The van der Waals surface area contributed by atoms with E-state index in [9.17, 15) is 9.59 Å². The second-order valence-corrected chi connectivity index (χ2v) is 5.71. The Kier molecular flexibility index (Phi) is 4.24. The summed E-state index contributed by atoms with van der Waals surface area (Å²) in [4.78, 5) is 25.1. The molecule has 19 heavy (non-hydrogen) atoms. The van der Waals surface area contributed by atoms with E-state index in [-0.39, 0.29) is 17.7 Å². The largest absolute Gasteiger partial charge is 0.496 e. The number of benzene rings is 1. The molecule has 0 saturated carbocycles. The first kappa shape index (κ1) is 14.1. The van der Waals surface area contributed by atoms with Crippen molar-refractivity contribution in [2.24, 2.45) is 5.92 Å². The molecule has 0 aliphatic carbocycles. The first-order valence-electron chi connectivity index (χ1n) is 6.17. The minimum Gasteiger partial charge on any atom is -0.496 e. The number of rotatable bonds is 3. The molecule has 0 atom stereocenters. The SMILES string of the molecule is COc1ccc(CN2C(=O)CC(C)CC2=O)cc1Br. The van der Waals surface area contributed by atoms with Gasteiger partial charge >= 0.3 is 0 Å². The first-order chi connectivity index (χ1) is 9.01. The van der Waals surface area contributed by atoms with Crippen molar-refractivity contribution in [3.8, 4) is 5.75 Å². The standard InChI is InChI=1S/C14H16BrNO3/c1-9-5-13(17)16(14(18)6-9)8-10-3-4-12(19-2)11(15)7-10/h3-4,7,9H,5-6,8H2,1-2H3. The van der Waals surface area contributed by atoms with Crippen molar-refractivity contribution >= 4 is 27.7 Å². The molecule has 0 spiro atoms. The number of nitrogens with zero attached hydrogens (tertiary/aromatic N) is 1. The molecule has 0 radical (unpaired) electrons. The number of hydrogen-bond acceptors (Lipinski definition) is 3. The molecule has 102 valence electrons. The van der Waals surface area contributed by atoms with Crippen LogP contribution < -0.4 is 4.74 Å². The molecule has 1 fully saturated rings. The highest BCUT2D eigenvalue weighted by molar-refractivity contribution is 9.10. The van der Waals surface area contributed by atoms with E-state index >= 15 is 0 Å². The number of piperidine rings is 1. The highest BCUT2D eigenvalue weighted by atomic mass is 79.9. The Bertz CT molecular complexity index is 497. The lowest BCUT2D eigenvalue weighted by molar-refractivity contribution is -0.150. The Morgan fingerprint density at radius 3 is 2.47 bits per heavy atom. The van der Waals surface area contributed by atoms with Gasteiger partial charge in [-0.25, -0.2) is 0 Å². The fraction of sp³-hybridized carbons (Fsp3) is 0.429. The van der Waals surface area contributed by atoms with Gasteiger partial charge in [-0.2, -0.15) is 0 Å². The van der Waals surface area contributed by atoms with Crippen LogP contribution in [0.15, 0.2) is 22.7 Å². The quantitative estimate of drug-likeness (QED) is 0.803. The average molecular weight is 326 g/mol. The zero-order chi connectivity index (χ0) is 14.0. The summed E-state index contributed by atoms with van der Waals surface area (Å²) >= 11 is 3.40. The van der Waals surface area contributed by atoms with Crippen LogP contribution in [0.5, 0.6) is 5.75 Å². The van der Waals surface area contributed by atoms with E-state index in [1.165, 1.54) is 4.90 Å². The third-order valence-electron chi connectivity index (χ3n) is 3.21. The van der Waals surface area contributed by atoms with Crippen molar-refractivity contribution in [2.45, 2.75) is 26.3 Å². The van der Waals surface area contributed by atoms with Crippen molar-refractivity contribution in [3.63, 3.8) is 0 Å². The van der Waals surface area contributed by atoms with Crippen molar-refractivity contribution in [1.29, 1.82) is 0 Å². The molecule has 2 rings (SSSR count). The minimum atomic E-state index is -0.0873. The predicted molar refractivity (Wildman–Crippen MR) is 74.6 cm³/mol. The Labute approximate surface area is 120 Å². The topological polar surface area (TPSA) is 46.6 Å². The van der Waals surface area contributed by atoms with Gasteiger partial charge in [-0.15, -0.1) is 0 Å². The van der Waals surface area contributed by atoms with Gasteiger partial charge in [0.2, 0.25) is 11.8 Å². The van der Waals surface area contributed by atoms with Crippen LogP contribution in [0.3, 0.4) is 0 Å². The number of amides is 2.